The van der Waals surface area contributed by atoms with Gasteiger partial charge in [-0.25, -0.2) is 13.1 Å². The van der Waals surface area contributed by atoms with Crippen molar-refractivity contribution >= 4 is 27.5 Å². The van der Waals surface area contributed by atoms with Crippen molar-refractivity contribution in [3.8, 4) is 0 Å². The standard InChI is InChI=1S/C14H20ClN3O4S/c15-12-1-3-13(4-2-12)23(20,21)17-11-14(19)16-5-6-18-7-9-22-10-8-18/h1-4,17H,5-11H2,(H,16,19). The van der Waals surface area contributed by atoms with E-state index < -0.39 is 10.0 Å². The number of carbonyl (C=O) groups excluding carboxylic acids is 1. The number of sulfonamides is 1. The van der Waals surface area contributed by atoms with Crippen LogP contribution in [0.25, 0.3) is 0 Å². The minimum atomic E-state index is -3.71. The summed E-state index contributed by atoms with van der Waals surface area (Å²) < 4.78 is 31.5. The van der Waals surface area contributed by atoms with E-state index in [2.05, 4.69) is 14.9 Å². The molecule has 1 aliphatic rings. The molecule has 0 atom stereocenters. The van der Waals surface area contributed by atoms with Crippen LogP contribution in [0.4, 0.5) is 0 Å². The lowest BCUT2D eigenvalue weighted by molar-refractivity contribution is -0.120. The van der Waals surface area contributed by atoms with E-state index in [4.69, 9.17) is 16.3 Å². The minimum Gasteiger partial charge on any atom is -0.379 e. The molecule has 1 aromatic rings. The van der Waals surface area contributed by atoms with Gasteiger partial charge in [-0.3, -0.25) is 9.69 Å². The molecule has 2 rings (SSSR count). The maximum absolute atomic E-state index is 12.0. The van der Waals surface area contributed by atoms with Crippen LogP contribution in [0.3, 0.4) is 0 Å². The van der Waals surface area contributed by atoms with Crippen LogP contribution >= 0.6 is 11.6 Å². The van der Waals surface area contributed by atoms with Crippen LogP contribution in [-0.2, 0) is 19.6 Å². The SMILES string of the molecule is O=C(CNS(=O)(=O)c1ccc(Cl)cc1)NCCN1CCOCC1. The smallest absolute Gasteiger partial charge is 0.241 e. The number of hydrogen-bond acceptors (Lipinski definition) is 5. The zero-order chi connectivity index (χ0) is 16.7. The number of nitrogens with zero attached hydrogens (tertiary/aromatic N) is 1. The molecule has 7 nitrogen and oxygen atoms in total. The van der Waals surface area contributed by atoms with Gasteiger partial charge in [-0.05, 0) is 24.3 Å². The summed E-state index contributed by atoms with van der Waals surface area (Å²) in [5.74, 6) is -0.365. The first kappa shape index (κ1) is 18.2. The molecule has 0 saturated carbocycles. The van der Waals surface area contributed by atoms with E-state index in [-0.39, 0.29) is 17.3 Å². The number of hydrogen-bond donors (Lipinski definition) is 2. The number of benzene rings is 1. The zero-order valence-electron chi connectivity index (χ0n) is 12.6. The highest BCUT2D eigenvalue weighted by Gasteiger charge is 2.15. The lowest BCUT2D eigenvalue weighted by atomic mass is 10.4. The average molecular weight is 362 g/mol. The molecule has 0 unspecified atom stereocenters. The Kier molecular flexibility index (Phi) is 6.79. The third-order valence-electron chi connectivity index (χ3n) is 3.40. The fraction of sp³-hybridized carbons (Fsp3) is 0.500. The predicted molar refractivity (Wildman–Crippen MR) is 86.9 cm³/mol. The van der Waals surface area contributed by atoms with Crippen molar-refractivity contribution in [2.24, 2.45) is 0 Å². The molecule has 0 radical (unpaired) electrons. The van der Waals surface area contributed by atoms with Crippen molar-refractivity contribution in [3.63, 3.8) is 0 Å². The summed E-state index contributed by atoms with van der Waals surface area (Å²) in [5.41, 5.74) is 0. The number of rotatable bonds is 7. The first-order valence-corrected chi connectivity index (χ1v) is 9.15. The summed E-state index contributed by atoms with van der Waals surface area (Å²) in [6, 6.07) is 5.75. The largest absolute Gasteiger partial charge is 0.379 e. The molecular formula is C14H20ClN3O4S. The van der Waals surface area contributed by atoms with E-state index in [1.807, 2.05) is 0 Å². The molecule has 0 aliphatic carbocycles. The Morgan fingerprint density at radius 3 is 2.52 bits per heavy atom. The topological polar surface area (TPSA) is 87.7 Å². The van der Waals surface area contributed by atoms with Crippen molar-refractivity contribution in [2.45, 2.75) is 4.90 Å². The van der Waals surface area contributed by atoms with Crippen LogP contribution in [0.2, 0.25) is 5.02 Å². The van der Waals surface area contributed by atoms with E-state index in [0.717, 1.165) is 19.6 Å². The van der Waals surface area contributed by atoms with Gasteiger partial charge in [0.1, 0.15) is 0 Å². The quantitative estimate of drug-likeness (QED) is 0.717. The fourth-order valence-electron chi connectivity index (χ4n) is 2.10. The summed E-state index contributed by atoms with van der Waals surface area (Å²) in [6.45, 7) is 4.00. The maximum Gasteiger partial charge on any atom is 0.241 e. The fourth-order valence-corrected chi connectivity index (χ4v) is 3.21. The van der Waals surface area contributed by atoms with E-state index in [0.29, 0.717) is 24.8 Å². The van der Waals surface area contributed by atoms with Gasteiger partial charge in [0.05, 0.1) is 24.7 Å². The highest BCUT2D eigenvalue weighted by Crippen LogP contribution is 2.13. The molecule has 1 heterocycles. The number of carbonyl (C=O) groups is 1. The van der Waals surface area contributed by atoms with Crippen LogP contribution in [0.5, 0.6) is 0 Å². The lowest BCUT2D eigenvalue weighted by Crippen LogP contribution is -2.43. The Labute approximate surface area is 141 Å². The van der Waals surface area contributed by atoms with Gasteiger partial charge in [-0.1, -0.05) is 11.6 Å². The Morgan fingerprint density at radius 1 is 1.22 bits per heavy atom. The molecule has 0 aromatic heterocycles. The number of morpholine rings is 1. The van der Waals surface area contributed by atoms with E-state index in [1.54, 1.807) is 0 Å². The molecule has 9 heteroatoms. The molecule has 0 spiro atoms. The molecule has 1 fully saturated rings. The van der Waals surface area contributed by atoms with E-state index in [9.17, 15) is 13.2 Å². The molecule has 2 N–H and O–H groups in total. The zero-order valence-corrected chi connectivity index (χ0v) is 14.2. The Balaban J connectivity index is 1.71. The lowest BCUT2D eigenvalue weighted by Gasteiger charge is -2.26. The highest BCUT2D eigenvalue weighted by atomic mass is 35.5. The first-order valence-electron chi connectivity index (χ1n) is 7.29. The summed E-state index contributed by atoms with van der Waals surface area (Å²) in [4.78, 5) is 14.0. The van der Waals surface area contributed by atoms with Gasteiger partial charge < -0.3 is 10.1 Å². The molecule has 23 heavy (non-hydrogen) atoms. The second-order valence-electron chi connectivity index (χ2n) is 5.08. The minimum absolute atomic E-state index is 0.0722. The van der Waals surface area contributed by atoms with Crippen molar-refractivity contribution in [1.29, 1.82) is 0 Å². The third-order valence-corrected chi connectivity index (χ3v) is 5.07. The molecular weight excluding hydrogens is 342 g/mol. The third kappa shape index (κ3) is 6.08. The molecule has 1 amide bonds. The van der Waals surface area contributed by atoms with Crippen LogP contribution in [0, 0.1) is 0 Å². The van der Waals surface area contributed by atoms with Crippen molar-refractivity contribution in [2.75, 3.05) is 45.9 Å². The Morgan fingerprint density at radius 2 is 1.87 bits per heavy atom. The predicted octanol–water partition coefficient (Wildman–Crippen LogP) is 0.0667. The molecule has 1 saturated heterocycles. The number of ether oxygens (including phenoxy) is 1. The first-order chi connectivity index (χ1) is 11.0. The van der Waals surface area contributed by atoms with Crippen molar-refractivity contribution in [1.82, 2.24) is 14.9 Å². The molecule has 1 aliphatic heterocycles. The summed E-state index contributed by atoms with van der Waals surface area (Å²) in [7, 11) is -3.71. The number of nitrogens with one attached hydrogen (secondary N) is 2. The summed E-state index contributed by atoms with van der Waals surface area (Å²) in [6.07, 6.45) is 0. The van der Waals surface area contributed by atoms with Crippen LogP contribution in [0.1, 0.15) is 0 Å². The summed E-state index contributed by atoms with van der Waals surface area (Å²) >= 11 is 5.72. The van der Waals surface area contributed by atoms with Gasteiger partial charge in [0.15, 0.2) is 0 Å². The van der Waals surface area contributed by atoms with Gasteiger partial charge in [-0.2, -0.15) is 0 Å². The van der Waals surface area contributed by atoms with Gasteiger partial charge >= 0.3 is 0 Å². The van der Waals surface area contributed by atoms with E-state index in [1.165, 1.54) is 24.3 Å². The number of halogens is 1. The van der Waals surface area contributed by atoms with Crippen molar-refractivity contribution in [3.05, 3.63) is 29.3 Å². The van der Waals surface area contributed by atoms with Gasteiger partial charge in [-0.15, -0.1) is 0 Å². The average Bonchev–Trinajstić information content (AvgIpc) is 2.54. The monoisotopic (exact) mass is 361 g/mol. The second kappa shape index (κ2) is 8.60. The van der Waals surface area contributed by atoms with Crippen LogP contribution in [-0.4, -0.2) is 65.2 Å². The second-order valence-corrected chi connectivity index (χ2v) is 7.29. The van der Waals surface area contributed by atoms with Crippen molar-refractivity contribution < 1.29 is 17.9 Å². The molecule has 0 bridgehead atoms. The van der Waals surface area contributed by atoms with Gasteiger partial charge in [0, 0.05) is 31.2 Å². The van der Waals surface area contributed by atoms with Gasteiger partial charge in [0.2, 0.25) is 15.9 Å². The highest BCUT2D eigenvalue weighted by molar-refractivity contribution is 7.89. The summed E-state index contributed by atoms with van der Waals surface area (Å²) in [5, 5.41) is 3.14. The van der Waals surface area contributed by atoms with Crippen LogP contribution in [0.15, 0.2) is 29.2 Å². The number of amides is 1. The molecule has 1 aromatic carbocycles. The Bertz CT molecular complexity index is 615. The maximum atomic E-state index is 12.0. The van der Waals surface area contributed by atoms with Gasteiger partial charge in [0.25, 0.3) is 0 Å². The normalized spacial score (nSPS) is 16.2. The molecule has 128 valence electrons. The van der Waals surface area contributed by atoms with E-state index >= 15 is 0 Å². The Hall–Kier alpha value is -1.19. The van der Waals surface area contributed by atoms with Crippen LogP contribution < -0.4 is 10.0 Å².